The Bertz CT molecular complexity index is 1030. The summed E-state index contributed by atoms with van der Waals surface area (Å²) in [6.45, 7) is 6.45. The van der Waals surface area contributed by atoms with E-state index in [0.29, 0.717) is 12.5 Å². The summed E-state index contributed by atoms with van der Waals surface area (Å²) in [6.07, 6.45) is 1.73. The molecule has 2 amide bonds. The first kappa shape index (κ1) is 22.4. The van der Waals surface area contributed by atoms with Crippen molar-refractivity contribution in [2.24, 2.45) is 23.7 Å². The van der Waals surface area contributed by atoms with Crippen LogP contribution in [0.25, 0.3) is 0 Å². The molecule has 0 unspecified atom stereocenters. The summed E-state index contributed by atoms with van der Waals surface area (Å²) in [5, 5.41) is 7.14. The number of carbonyl (C=O) groups is 2. The third-order valence-electron chi connectivity index (χ3n) is 7.80. The number of nitrogens with zero attached hydrogens (tertiary/aromatic N) is 1. The second-order valence-electron chi connectivity index (χ2n) is 10.4. The van der Waals surface area contributed by atoms with Crippen LogP contribution in [0.2, 0.25) is 5.02 Å². The Morgan fingerprint density at radius 1 is 1.15 bits per heavy atom. The van der Waals surface area contributed by atoms with Crippen molar-refractivity contribution in [2.45, 2.75) is 51.4 Å². The van der Waals surface area contributed by atoms with Crippen LogP contribution in [-0.2, 0) is 22.7 Å². The van der Waals surface area contributed by atoms with E-state index < -0.39 is 5.54 Å². The second-order valence-corrected chi connectivity index (χ2v) is 10.8. The van der Waals surface area contributed by atoms with Gasteiger partial charge in [0.2, 0.25) is 11.8 Å². The van der Waals surface area contributed by atoms with E-state index in [1.54, 1.807) is 0 Å². The zero-order chi connectivity index (χ0) is 23.2. The van der Waals surface area contributed by atoms with Gasteiger partial charge in [-0.05, 0) is 47.9 Å². The molecule has 3 aliphatic heterocycles. The maximum Gasteiger partial charge on any atom is 0.248 e. The molecule has 4 fully saturated rings. The van der Waals surface area contributed by atoms with Gasteiger partial charge in [-0.2, -0.15) is 0 Å². The summed E-state index contributed by atoms with van der Waals surface area (Å²) in [4.78, 5) is 29.4. The third-order valence-corrected chi connectivity index (χ3v) is 8.05. The van der Waals surface area contributed by atoms with E-state index >= 15 is 0 Å². The SMILES string of the molecule is CC(C)C[C@H]1[C@@H]2N(Cc3ccc(Cl)cc3)C[C@@H]3C[C@H]1C(=O)N[C@@]32C(=O)NCc1ccccc1. The number of benzene rings is 2. The minimum atomic E-state index is -0.868. The van der Waals surface area contributed by atoms with E-state index in [1.807, 2.05) is 42.5 Å². The summed E-state index contributed by atoms with van der Waals surface area (Å²) in [5.74, 6) is 0.755. The highest BCUT2D eigenvalue weighted by molar-refractivity contribution is 6.30. The Morgan fingerprint density at radius 2 is 1.88 bits per heavy atom. The lowest BCUT2D eigenvalue weighted by Gasteiger charge is -2.55. The van der Waals surface area contributed by atoms with Crippen LogP contribution in [0.4, 0.5) is 0 Å². The predicted octanol–water partition coefficient (Wildman–Crippen LogP) is 4.01. The molecule has 0 spiro atoms. The van der Waals surface area contributed by atoms with Crippen molar-refractivity contribution in [3.8, 4) is 0 Å². The number of hydrogen-bond donors (Lipinski definition) is 2. The zero-order valence-corrected chi connectivity index (χ0v) is 20.0. The molecule has 2 N–H and O–H groups in total. The van der Waals surface area contributed by atoms with Crippen LogP contribution < -0.4 is 10.6 Å². The smallest absolute Gasteiger partial charge is 0.248 e. The molecule has 0 radical (unpaired) electrons. The van der Waals surface area contributed by atoms with Crippen molar-refractivity contribution in [1.82, 2.24) is 15.5 Å². The van der Waals surface area contributed by atoms with Gasteiger partial charge < -0.3 is 10.6 Å². The molecular weight excluding hydrogens is 434 g/mol. The normalized spacial score (nSPS) is 30.5. The van der Waals surface area contributed by atoms with Gasteiger partial charge in [-0.1, -0.05) is 67.9 Å². The fraction of sp³-hybridized carbons (Fsp3) is 0.481. The van der Waals surface area contributed by atoms with Gasteiger partial charge in [-0.15, -0.1) is 0 Å². The van der Waals surface area contributed by atoms with Crippen molar-refractivity contribution in [3.63, 3.8) is 0 Å². The van der Waals surface area contributed by atoms with Gasteiger partial charge in [0.25, 0.3) is 0 Å². The lowest BCUT2D eigenvalue weighted by Crippen LogP contribution is -2.77. The quantitative estimate of drug-likeness (QED) is 0.649. The van der Waals surface area contributed by atoms with Crippen LogP contribution in [0, 0.1) is 23.7 Å². The largest absolute Gasteiger partial charge is 0.350 e. The molecule has 1 saturated carbocycles. The van der Waals surface area contributed by atoms with E-state index in [4.69, 9.17) is 11.6 Å². The first-order valence-corrected chi connectivity index (χ1v) is 12.4. The van der Waals surface area contributed by atoms with Gasteiger partial charge in [0.15, 0.2) is 0 Å². The fourth-order valence-electron chi connectivity index (χ4n) is 6.54. The fourth-order valence-corrected chi connectivity index (χ4v) is 6.67. The van der Waals surface area contributed by atoms with Crippen LogP contribution >= 0.6 is 11.6 Å². The number of likely N-dealkylation sites (tertiary alicyclic amines) is 1. The highest BCUT2D eigenvalue weighted by Gasteiger charge is 2.70. The standard InChI is InChI=1S/C27H32ClN3O2/c1-17(2)12-22-23-13-20-16-31(15-19-8-10-21(28)11-9-19)24(22)27(20,30-25(23)32)26(33)29-14-18-6-4-3-5-7-18/h3-11,17,20,22-24H,12-16H2,1-2H3,(H,29,33)(H,30,32)/t20-,22+,23+,24-,27-/m0/s1. The monoisotopic (exact) mass is 465 g/mol. The summed E-state index contributed by atoms with van der Waals surface area (Å²) < 4.78 is 0. The Kier molecular flexibility index (Phi) is 5.96. The molecule has 33 heavy (non-hydrogen) atoms. The number of piperidine rings is 2. The van der Waals surface area contributed by atoms with Crippen LogP contribution in [0.1, 0.15) is 37.8 Å². The Hall–Kier alpha value is -2.37. The number of amides is 2. The number of halogens is 1. The number of hydrogen-bond acceptors (Lipinski definition) is 3. The summed E-state index contributed by atoms with van der Waals surface area (Å²) in [6, 6.07) is 17.9. The van der Waals surface area contributed by atoms with E-state index in [0.717, 1.165) is 36.5 Å². The van der Waals surface area contributed by atoms with Gasteiger partial charge in [0.05, 0.1) is 0 Å². The van der Waals surface area contributed by atoms with Gasteiger partial charge >= 0.3 is 0 Å². The first-order chi connectivity index (χ1) is 15.9. The second kappa shape index (κ2) is 8.77. The molecule has 4 bridgehead atoms. The van der Waals surface area contributed by atoms with Crippen molar-refractivity contribution < 1.29 is 9.59 Å². The molecule has 2 aromatic rings. The molecule has 5 atom stereocenters. The molecule has 6 rings (SSSR count). The summed E-state index contributed by atoms with van der Waals surface area (Å²) in [7, 11) is 0. The first-order valence-electron chi connectivity index (χ1n) is 12.0. The van der Waals surface area contributed by atoms with E-state index in [2.05, 4.69) is 41.5 Å². The molecule has 1 aliphatic carbocycles. The minimum absolute atomic E-state index is 0.00667. The molecule has 6 heteroatoms. The van der Waals surface area contributed by atoms with Crippen molar-refractivity contribution in [3.05, 3.63) is 70.7 Å². The Labute approximate surface area is 200 Å². The number of nitrogens with one attached hydrogen (secondary N) is 2. The minimum Gasteiger partial charge on any atom is -0.350 e. The molecule has 3 saturated heterocycles. The third kappa shape index (κ3) is 3.95. The van der Waals surface area contributed by atoms with Crippen molar-refractivity contribution in [1.29, 1.82) is 0 Å². The molecule has 5 nitrogen and oxygen atoms in total. The predicted molar refractivity (Wildman–Crippen MR) is 129 cm³/mol. The highest BCUT2D eigenvalue weighted by atomic mass is 35.5. The van der Waals surface area contributed by atoms with Gasteiger partial charge in [0.1, 0.15) is 5.54 Å². The van der Waals surface area contributed by atoms with Crippen molar-refractivity contribution >= 4 is 23.4 Å². The van der Waals surface area contributed by atoms with Crippen LogP contribution in [0.5, 0.6) is 0 Å². The molecule has 0 aromatic heterocycles. The molecule has 3 heterocycles. The Balaban J connectivity index is 1.46. The van der Waals surface area contributed by atoms with E-state index in [1.165, 1.54) is 5.56 Å². The maximum absolute atomic E-state index is 13.9. The molecule has 4 aliphatic rings. The molecule has 174 valence electrons. The van der Waals surface area contributed by atoms with Crippen molar-refractivity contribution in [2.75, 3.05) is 6.54 Å². The number of fused-ring (bicyclic) bond motifs is 1. The van der Waals surface area contributed by atoms with Gasteiger partial charge in [-0.3, -0.25) is 14.5 Å². The lowest BCUT2D eigenvalue weighted by atomic mass is 9.57. The highest BCUT2D eigenvalue weighted by Crippen LogP contribution is 2.54. The van der Waals surface area contributed by atoms with Gasteiger partial charge in [0, 0.05) is 42.5 Å². The average Bonchev–Trinajstić information content (AvgIpc) is 3.02. The summed E-state index contributed by atoms with van der Waals surface area (Å²) in [5.41, 5.74) is 1.37. The Morgan fingerprint density at radius 3 is 2.58 bits per heavy atom. The number of rotatable bonds is 7. The summed E-state index contributed by atoms with van der Waals surface area (Å²) >= 11 is 6.10. The lowest BCUT2D eigenvalue weighted by molar-refractivity contribution is -0.155. The van der Waals surface area contributed by atoms with Crippen LogP contribution in [0.3, 0.4) is 0 Å². The van der Waals surface area contributed by atoms with E-state index in [9.17, 15) is 9.59 Å². The van der Waals surface area contributed by atoms with Gasteiger partial charge in [-0.25, -0.2) is 0 Å². The average molecular weight is 466 g/mol. The van der Waals surface area contributed by atoms with E-state index in [-0.39, 0.29) is 35.6 Å². The zero-order valence-electron chi connectivity index (χ0n) is 19.3. The molecule has 2 aromatic carbocycles. The molecular formula is C27H32ClN3O2. The number of carbonyl (C=O) groups excluding carboxylic acids is 2. The maximum atomic E-state index is 13.9. The van der Waals surface area contributed by atoms with Crippen LogP contribution in [0.15, 0.2) is 54.6 Å². The van der Waals surface area contributed by atoms with Crippen LogP contribution in [-0.4, -0.2) is 34.8 Å². The topological polar surface area (TPSA) is 61.4 Å².